The number of nitrogens with one attached hydrogen (secondary N) is 1. The SMILES string of the molecule is CC[C@H](C)NC(=O)[C@@H](Cc1ccccc1)N(Cc1cccc(C)c1)C(=O)CCCN(c1cccc(C)c1C)S(C)(=O)=O. The normalized spacial score (nSPS) is 12.8. The molecule has 3 aromatic carbocycles. The number of rotatable bonds is 14. The van der Waals surface area contributed by atoms with Gasteiger partial charge in [-0.25, -0.2) is 8.42 Å². The number of nitrogens with zero attached hydrogens (tertiary/aromatic N) is 2. The van der Waals surface area contributed by atoms with Crippen LogP contribution in [0.2, 0.25) is 0 Å². The smallest absolute Gasteiger partial charge is 0.243 e. The zero-order chi connectivity index (χ0) is 30.9. The van der Waals surface area contributed by atoms with Gasteiger partial charge in [-0.3, -0.25) is 13.9 Å². The summed E-state index contributed by atoms with van der Waals surface area (Å²) in [5.41, 5.74) is 5.47. The molecule has 0 aliphatic rings. The van der Waals surface area contributed by atoms with Crippen molar-refractivity contribution in [3.05, 3.63) is 101 Å². The summed E-state index contributed by atoms with van der Waals surface area (Å²) >= 11 is 0. The molecule has 0 unspecified atom stereocenters. The zero-order valence-corrected chi connectivity index (χ0v) is 26.6. The lowest BCUT2D eigenvalue weighted by Gasteiger charge is -2.33. The second-order valence-corrected chi connectivity index (χ2v) is 13.1. The molecule has 42 heavy (non-hydrogen) atoms. The van der Waals surface area contributed by atoms with E-state index in [4.69, 9.17) is 0 Å². The fraction of sp³-hybridized carbons (Fsp3) is 0.412. The van der Waals surface area contributed by atoms with E-state index in [1.54, 1.807) is 11.0 Å². The largest absolute Gasteiger partial charge is 0.352 e. The molecule has 2 atom stereocenters. The van der Waals surface area contributed by atoms with Crippen LogP contribution < -0.4 is 9.62 Å². The van der Waals surface area contributed by atoms with E-state index in [1.165, 1.54) is 10.6 Å². The maximum absolute atomic E-state index is 14.0. The van der Waals surface area contributed by atoms with Crippen LogP contribution in [0.15, 0.2) is 72.8 Å². The summed E-state index contributed by atoms with van der Waals surface area (Å²) in [7, 11) is -3.57. The highest BCUT2D eigenvalue weighted by molar-refractivity contribution is 7.92. The van der Waals surface area contributed by atoms with E-state index < -0.39 is 16.1 Å². The predicted molar refractivity (Wildman–Crippen MR) is 171 cm³/mol. The average molecular weight is 592 g/mol. The summed E-state index contributed by atoms with van der Waals surface area (Å²) < 4.78 is 27.0. The Kier molecular flexibility index (Phi) is 11.7. The average Bonchev–Trinajstić information content (AvgIpc) is 2.94. The highest BCUT2D eigenvalue weighted by atomic mass is 32.2. The van der Waals surface area contributed by atoms with Gasteiger partial charge < -0.3 is 10.2 Å². The van der Waals surface area contributed by atoms with Crippen molar-refractivity contribution in [2.24, 2.45) is 0 Å². The van der Waals surface area contributed by atoms with Crippen molar-refractivity contribution in [3.63, 3.8) is 0 Å². The quantitative estimate of drug-likeness (QED) is 0.260. The number of hydrogen-bond donors (Lipinski definition) is 1. The van der Waals surface area contributed by atoms with Gasteiger partial charge in [-0.2, -0.15) is 0 Å². The highest BCUT2D eigenvalue weighted by Gasteiger charge is 2.31. The second kappa shape index (κ2) is 15.0. The van der Waals surface area contributed by atoms with Crippen LogP contribution in [-0.4, -0.2) is 50.0 Å². The molecule has 0 spiro atoms. The third kappa shape index (κ3) is 9.18. The number of carbonyl (C=O) groups excluding carboxylic acids is 2. The van der Waals surface area contributed by atoms with Gasteiger partial charge in [0.05, 0.1) is 11.9 Å². The summed E-state index contributed by atoms with van der Waals surface area (Å²) in [6.45, 7) is 10.3. The molecule has 0 aromatic heterocycles. The van der Waals surface area contributed by atoms with Crippen LogP contribution in [0.3, 0.4) is 0 Å². The van der Waals surface area contributed by atoms with Crippen LogP contribution in [0.5, 0.6) is 0 Å². The lowest BCUT2D eigenvalue weighted by molar-refractivity contribution is -0.141. The van der Waals surface area contributed by atoms with Crippen LogP contribution in [-0.2, 0) is 32.6 Å². The van der Waals surface area contributed by atoms with Gasteiger partial charge in [0.15, 0.2) is 0 Å². The molecule has 2 amide bonds. The molecule has 0 saturated heterocycles. The minimum absolute atomic E-state index is 0.0346. The zero-order valence-electron chi connectivity index (χ0n) is 25.8. The summed E-state index contributed by atoms with van der Waals surface area (Å²) in [4.78, 5) is 29.4. The molecule has 3 rings (SSSR count). The Morgan fingerprint density at radius 2 is 1.57 bits per heavy atom. The Balaban J connectivity index is 1.91. The number of carbonyl (C=O) groups is 2. The molecule has 0 saturated carbocycles. The van der Waals surface area contributed by atoms with E-state index in [1.807, 2.05) is 101 Å². The molecular formula is C34H45N3O4S. The topological polar surface area (TPSA) is 86.8 Å². The van der Waals surface area contributed by atoms with Crippen LogP contribution in [0, 0.1) is 20.8 Å². The maximum atomic E-state index is 14.0. The van der Waals surface area contributed by atoms with Gasteiger partial charge in [0.2, 0.25) is 21.8 Å². The molecule has 1 N–H and O–H groups in total. The Labute approximate surface area is 252 Å². The van der Waals surface area contributed by atoms with E-state index in [9.17, 15) is 18.0 Å². The summed E-state index contributed by atoms with van der Waals surface area (Å²) in [6, 6.07) is 22.5. The van der Waals surface area contributed by atoms with E-state index in [0.29, 0.717) is 18.5 Å². The minimum atomic E-state index is -3.57. The molecule has 0 heterocycles. The highest BCUT2D eigenvalue weighted by Crippen LogP contribution is 2.26. The Bertz CT molecular complexity index is 1460. The van der Waals surface area contributed by atoms with Crippen LogP contribution in [0.25, 0.3) is 0 Å². The van der Waals surface area contributed by atoms with Crippen molar-refractivity contribution in [2.45, 2.75) is 78.9 Å². The van der Waals surface area contributed by atoms with Crippen LogP contribution in [0.4, 0.5) is 5.69 Å². The number of hydrogen-bond acceptors (Lipinski definition) is 4. The first-order valence-corrected chi connectivity index (χ1v) is 16.5. The maximum Gasteiger partial charge on any atom is 0.243 e. The van der Waals surface area contributed by atoms with Crippen molar-refractivity contribution in [1.29, 1.82) is 0 Å². The Morgan fingerprint density at radius 3 is 2.21 bits per heavy atom. The van der Waals surface area contributed by atoms with Crippen LogP contribution >= 0.6 is 0 Å². The van der Waals surface area contributed by atoms with Gasteiger partial charge in [-0.1, -0.05) is 79.2 Å². The van der Waals surface area contributed by atoms with Gasteiger partial charge in [-0.15, -0.1) is 0 Å². The third-order valence-electron chi connectivity index (χ3n) is 7.70. The first kappa shape index (κ1) is 32.9. The number of anilines is 1. The van der Waals surface area contributed by atoms with E-state index >= 15 is 0 Å². The Morgan fingerprint density at radius 1 is 0.905 bits per heavy atom. The lowest BCUT2D eigenvalue weighted by Crippen LogP contribution is -2.52. The summed E-state index contributed by atoms with van der Waals surface area (Å²) in [6.07, 6.45) is 2.75. The molecule has 0 aliphatic carbocycles. The van der Waals surface area contributed by atoms with E-state index in [0.717, 1.165) is 34.2 Å². The molecule has 226 valence electrons. The fourth-order valence-corrected chi connectivity index (χ4v) is 6.01. The monoisotopic (exact) mass is 591 g/mol. The molecule has 0 bridgehead atoms. The number of amides is 2. The molecular weight excluding hydrogens is 546 g/mol. The molecule has 3 aromatic rings. The van der Waals surface area contributed by atoms with Crippen molar-refractivity contribution in [3.8, 4) is 0 Å². The second-order valence-electron chi connectivity index (χ2n) is 11.2. The minimum Gasteiger partial charge on any atom is -0.352 e. The van der Waals surface area contributed by atoms with Crippen molar-refractivity contribution in [2.75, 3.05) is 17.1 Å². The lowest BCUT2D eigenvalue weighted by atomic mass is 10.0. The molecule has 8 heteroatoms. The number of aryl methyl sites for hydroxylation is 2. The predicted octanol–water partition coefficient (Wildman–Crippen LogP) is 5.71. The van der Waals surface area contributed by atoms with Gasteiger partial charge in [0.1, 0.15) is 6.04 Å². The van der Waals surface area contributed by atoms with Crippen molar-refractivity contribution >= 4 is 27.5 Å². The first-order chi connectivity index (χ1) is 19.9. The first-order valence-electron chi connectivity index (χ1n) is 14.6. The molecule has 0 radical (unpaired) electrons. The summed E-state index contributed by atoms with van der Waals surface area (Å²) in [5, 5.41) is 3.09. The summed E-state index contributed by atoms with van der Waals surface area (Å²) in [5.74, 6) is -0.381. The van der Waals surface area contributed by atoms with E-state index in [2.05, 4.69) is 5.32 Å². The van der Waals surface area contributed by atoms with E-state index in [-0.39, 0.29) is 37.4 Å². The van der Waals surface area contributed by atoms with Crippen molar-refractivity contribution in [1.82, 2.24) is 10.2 Å². The fourth-order valence-electron chi connectivity index (χ4n) is 4.99. The molecule has 0 aliphatic heterocycles. The van der Waals surface area contributed by atoms with Gasteiger partial charge in [0.25, 0.3) is 0 Å². The molecule has 0 fully saturated rings. The number of benzene rings is 3. The number of sulfonamides is 1. The molecule has 7 nitrogen and oxygen atoms in total. The Hall–Kier alpha value is -3.65. The standard InChI is InChI=1S/C34H45N3O4S/c1-7-27(4)35-34(39)32(23-29-16-9-8-10-17-29)36(24-30-18-11-14-25(2)22-30)33(38)20-13-21-37(42(6,40)41)31-19-12-15-26(3)28(31)5/h8-12,14-19,22,27,32H,7,13,20-21,23-24H2,1-6H3,(H,35,39)/t27-,32+/m0/s1. The van der Waals surface area contributed by atoms with Crippen molar-refractivity contribution < 1.29 is 18.0 Å². The van der Waals surface area contributed by atoms with Gasteiger partial charge in [0, 0.05) is 32.0 Å². The van der Waals surface area contributed by atoms with Gasteiger partial charge in [-0.05, 0) is 68.9 Å². The van der Waals surface area contributed by atoms with Gasteiger partial charge >= 0.3 is 0 Å². The third-order valence-corrected chi connectivity index (χ3v) is 8.88. The van der Waals surface area contributed by atoms with Crippen LogP contribution in [0.1, 0.15) is 60.9 Å².